The molecule has 1 heterocycles. The first-order valence-electron chi connectivity index (χ1n) is 9.97. The number of amides is 1. The van der Waals surface area contributed by atoms with E-state index >= 15 is 0 Å². The second-order valence-electron chi connectivity index (χ2n) is 6.98. The molecule has 1 fully saturated rings. The van der Waals surface area contributed by atoms with Gasteiger partial charge < -0.3 is 15.4 Å². The fourth-order valence-corrected chi connectivity index (χ4v) is 3.47. The van der Waals surface area contributed by atoms with E-state index in [0.717, 1.165) is 18.5 Å². The zero-order chi connectivity index (χ0) is 19.8. The van der Waals surface area contributed by atoms with Crippen LogP contribution < -0.4 is 10.6 Å². The van der Waals surface area contributed by atoms with Crippen molar-refractivity contribution in [3.05, 3.63) is 53.9 Å². The molecule has 28 heavy (non-hydrogen) atoms. The van der Waals surface area contributed by atoms with E-state index in [9.17, 15) is 9.59 Å². The third-order valence-electron chi connectivity index (χ3n) is 4.89. The minimum atomic E-state index is -0.463. The Morgan fingerprint density at radius 1 is 1.11 bits per heavy atom. The third-order valence-corrected chi connectivity index (χ3v) is 4.89. The van der Waals surface area contributed by atoms with E-state index < -0.39 is 5.97 Å². The maximum absolute atomic E-state index is 12.7. The Balaban J connectivity index is 1.71. The highest BCUT2D eigenvalue weighted by Gasteiger charge is 2.17. The Kier molecular flexibility index (Phi) is 7.00. The number of hydrogen-bond donors (Lipinski definition) is 2. The van der Waals surface area contributed by atoms with Crippen molar-refractivity contribution in [2.75, 3.05) is 17.2 Å². The summed E-state index contributed by atoms with van der Waals surface area (Å²) in [6, 6.07) is 10.9. The second kappa shape index (κ2) is 9.88. The standard InChI is InChI=1S/C22H27N3O3/c1-2-28-22(27)18-11-7-8-12-19(18)25-21(26)20-15-17(13-14-23-20)24-16-9-5-3-4-6-10-16/h7-8,11-16H,2-6,9-10H2,1H3,(H,23,24)(H,25,26). The molecular weight excluding hydrogens is 354 g/mol. The summed E-state index contributed by atoms with van der Waals surface area (Å²) in [5, 5.41) is 6.31. The molecular formula is C22H27N3O3. The fraction of sp³-hybridized carbons (Fsp3) is 0.409. The average Bonchev–Trinajstić information content (AvgIpc) is 2.97. The Bertz CT molecular complexity index is 814. The normalized spacial score (nSPS) is 14.8. The number of nitrogens with one attached hydrogen (secondary N) is 2. The monoisotopic (exact) mass is 381 g/mol. The van der Waals surface area contributed by atoms with Gasteiger partial charge >= 0.3 is 5.97 Å². The van der Waals surface area contributed by atoms with E-state index in [0.29, 0.717) is 23.0 Å². The predicted molar refractivity (Wildman–Crippen MR) is 110 cm³/mol. The van der Waals surface area contributed by atoms with Crippen molar-refractivity contribution in [1.82, 2.24) is 4.98 Å². The summed E-state index contributed by atoms with van der Waals surface area (Å²) in [5.41, 5.74) is 1.93. The number of carbonyl (C=O) groups excluding carboxylic acids is 2. The van der Waals surface area contributed by atoms with Crippen LogP contribution in [0.15, 0.2) is 42.6 Å². The van der Waals surface area contributed by atoms with E-state index in [-0.39, 0.29) is 12.5 Å². The summed E-state index contributed by atoms with van der Waals surface area (Å²) < 4.78 is 5.05. The second-order valence-corrected chi connectivity index (χ2v) is 6.98. The van der Waals surface area contributed by atoms with Crippen LogP contribution in [-0.4, -0.2) is 29.5 Å². The number of benzene rings is 1. The molecule has 1 saturated carbocycles. The quantitative estimate of drug-likeness (QED) is 0.562. The number of nitrogens with zero attached hydrogens (tertiary/aromatic N) is 1. The van der Waals surface area contributed by atoms with Crippen molar-refractivity contribution in [3.8, 4) is 0 Å². The molecule has 1 aliphatic rings. The summed E-state index contributed by atoms with van der Waals surface area (Å²) >= 11 is 0. The van der Waals surface area contributed by atoms with E-state index in [1.165, 1.54) is 25.7 Å². The van der Waals surface area contributed by atoms with Gasteiger partial charge in [-0.3, -0.25) is 9.78 Å². The molecule has 1 aliphatic carbocycles. The smallest absolute Gasteiger partial charge is 0.340 e. The lowest BCUT2D eigenvalue weighted by Crippen LogP contribution is -2.20. The van der Waals surface area contributed by atoms with Crippen molar-refractivity contribution in [3.63, 3.8) is 0 Å². The molecule has 2 N–H and O–H groups in total. The topological polar surface area (TPSA) is 80.3 Å². The number of aromatic nitrogens is 1. The molecule has 0 aliphatic heterocycles. The van der Waals surface area contributed by atoms with Gasteiger partial charge in [0.25, 0.3) is 5.91 Å². The highest BCUT2D eigenvalue weighted by Crippen LogP contribution is 2.22. The Labute approximate surface area is 165 Å². The Morgan fingerprint density at radius 3 is 2.61 bits per heavy atom. The fourth-order valence-electron chi connectivity index (χ4n) is 3.47. The van der Waals surface area contributed by atoms with Crippen LogP contribution in [0.1, 0.15) is 66.3 Å². The minimum Gasteiger partial charge on any atom is -0.462 e. The zero-order valence-corrected chi connectivity index (χ0v) is 16.2. The van der Waals surface area contributed by atoms with Crippen molar-refractivity contribution in [2.45, 2.75) is 51.5 Å². The number of esters is 1. The van der Waals surface area contributed by atoms with Gasteiger partial charge in [-0.1, -0.05) is 37.8 Å². The van der Waals surface area contributed by atoms with Crippen LogP contribution in [0.2, 0.25) is 0 Å². The van der Waals surface area contributed by atoms with Gasteiger partial charge in [-0.05, 0) is 44.0 Å². The van der Waals surface area contributed by atoms with Crippen LogP contribution in [0.25, 0.3) is 0 Å². The molecule has 1 aromatic heterocycles. The predicted octanol–water partition coefficient (Wildman–Crippen LogP) is 4.65. The lowest BCUT2D eigenvalue weighted by atomic mass is 10.1. The van der Waals surface area contributed by atoms with Crippen LogP contribution in [-0.2, 0) is 4.74 Å². The molecule has 0 bridgehead atoms. The highest BCUT2D eigenvalue weighted by molar-refractivity contribution is 6.07. The minimum absolute atomic E-state index is 0.275. The number of rotatable bonds is 6. The van der Waals surface area contributed by atoms with Gasteiger partial charge in [0, 0.05) is 17.9 Å². The summed E-state index contributed by atoms with van der Waals surface area (Å²) in [4.78, 5) is 29.0. The van der Waals surface area contributed by atoms with Gasteiger partial charge in [0.1, 0.15) is 5.69 Å². The third kappa shape index (κ3) is 5.31. The van der Waals surface area contributed by atoms with Gasteiger partial charge in [-0.2, -0.15) is 0 Å². The summed E-state index contributed by atoms with van der Waals surface area (Å²) in [7, 11) is 0. The van der Waals surface area contributed by atoms with Crippen LogP contribution in [0.5, 0.6) is 0 Å². The van der Waals surface area contributed by atoms with Gasteiger partial charge in [-0.15, -0.1) is 0 Å². The van der Waals surface area contributed by atoms with E-state index in [1.807, 2.05) is 6.07 Å². The van der Waals surface area contributed by atoms with E-state index in [4.69, 9.17) is 4.74 Å². The molecule has 3 rings (SSSR count). The van der Waals surface area contributed by atoms with Crippen molar-refractivity contribution < 1.29 is 14.3 Å². The number of para-hydroxylation sites is 1. The van der Waals surface area contributed by atoms with Crippen LogP contribution in [0.4, 0.5) is 11.4 Å². The largest absolute Gasteiger partial charge is 0.462 e. The SMILES string of the molecule is CCOC(=O)c1ccccc1NC(=O)c1cc(NC2CCCCCC2)ccn1. The number of hydrogen-bond acceptors (Lipinski definition) is 5. The first kappa shape index (κ1) is 19.9. The lowest BCUT2D eigenvalue weighted by Gasteiger charge is -2.18. The number of carbonyl (C=O) groups is 2. The Morgan fingerprint density at radius 2 is 1.86 bits per heavy atom. The van der Waals surface area contributed by atoms with Crippen LogP contribution >= 0.6 is 0 Å². The molecule has 6 nitrogen and oxygen atoms in total. The number of anilines is 2. The summed E-state index contributed by atoms with van der Waals surface area (Å²) in [6.45, 7) is 2.02. The molecule has 6 heteroatoms. The van der Waals surface area contributed by atoms with Crippen LogP contribution in [0.3, 0.4) is 0 Å². The van der Waals surface area contributed by atoms with Gasteiger partial charge in [0.05, 0.1) is 17.9 Å². The summed E-state index contributed by atoms with van der Waals surface area (Å²) in [5.74, 6) is -0.823. The van der Waals surface area contributed by atoms with Gasteiger partial charge in [-0.25, -0.2) is 4.79 Å². The van der Waals surface area contributed by atoms with E-state index in [1.54, 1.807) is 43.5 Å². The number of ether oxygens (including phenoxy) is 1. The molecule has 1 aromatic carbocycles. The molecule has 0 spiro atoms. The molecule has 0 atom stereocenters. The number of pyridine rings is 1. The molecule has 2 aromatic rings. The lowest BCUT2D eigenvalue weighted by molar-refractivity contribution is 0.0527. The van der Waals surface area contributed by atoms with Crippen molar-refractivity contribution >= 4 is 23.3 Å². The highest BCUT2D eigenvalue weighted by atomic mass is 16.5. The molecule has 148 valence electrons. The molecule has 0 unspecified atom stereocenters. The average molecular weight is 381 g/mol. The maximum Gasteiger partial charge on any atom is 0.340 e. The first-order chi connectivity index (χ1) is 13.7. The van der Waals surface area contributed by atoms with Crippen LogP contribution in [0, 0.1) is 0 Å². The van der Waals surface area contributed by atoms with E-state index in [2.05, 4.69) is 15.6 Å². The Hall–Kier alpha value is -2.89. The first-order valence-corrected chi connectivity index (χ1v) is 9.97. The zero-order valence-electron chi connectivity index (χ0n) is 16.2. The molecule has 1 amide bonds. The van der Waals surface area contributed by atoms with Gasteiger partial charge in [0.15, 0.2) is 0 Å². The van der Waals surface area contributed by atoms with Crippen molar-refractivity contribution in [1.29, 1.82) is 0 Å². The molecule has 0 radical (unpaired) electrons. The van der Waals surface area contributed by atoms with Crippen molar-refractivity contribution in [2.24, 2.45) is 0 Å². The summed E-state index contributed by atoms with van der Waals surface area (Å²) in [6.07, 6.45) is 8.99. The van der Waals surface area contributed by atoms with Gasteiger partial charge in [0.2, 0.25) is 0 Å². The maximum atomic E-state index is 12.7. The molecule has 0 saturated heterocycles.